The summed E-state index contributed by atoms with van der Waals surface area (Å²) < 4.78 is 4.68. The first-order valence-corrected chi connectivity index (χ1v) is 10.0. The monoisotopic (exact) mass is 407 g/mol. The molecule has 1 aliphatic carbocycles. The molecule has 1 aromatic rings. The Balaban J connectivity index is 1.72. The Morgan fingerprint density at radius 3 is 2.71 bits per heavy atom. The van der Waals surface area contributed by atoms with E-state index in [1.165, 1.54) is 7.11 Å². The fourth-order valence-corrected chi connectivity index (χ4v) is 5.41. The van der Waals surface area contributed by atoms with Crippen LogP contribution in [0.2, 0.25) is 0 Å². The van der Waals surface area contributed by atoms with Crippen LogP contribution < -0.4 is 10.6 Å². The zero-order valence-corrected chi connectivity index (χ0v) is 17.3. The van der Waals surface area contributed by atoms with Crippen LogP contribution >= 0.6 is 11.3 Å². The molecule has 2 fully saturated rings. The molecular weight excluding hydrogens is 382 g/mol. The maximum Gasteiger partial charge on any atom is 0.350 e. The van der Waals surface area contributed by atoms with Crippen molar-refractivity contribution in [2.45, 2.75) is 45.6 Å². The Bertz CT molecular complexity index is 833. The lowest BCUT2D eigenvalue weighted by molar-refractivity contribution is -0.136. The van der Waals surface area contributed by atoms with Gasteiger partial charge in [-0.2, -0.15) is 0 Å². The molecule has 152 valence electrons. The summed E-state index contributed by atoms with van der Waals surface area (Å²) in [5.41, 5.74) is -0.723. The zero-order chi connectivity index (χ0) is 20.7. The van der Waals surface area contributed by atoms with Gasteiger partial charge in [0.15, 0.2) is 0 Å². The van der Waals surface area contributed by atoms with Crippen LogP contribution in [0.5, 0.6) is 0 Å². The van der Waals surface area contributed by atoms with Crippen molar-refractivity contribution in [1.82, 2.24) is 10.2 Å². The molecule has 1 aliphatic heterocycles. The Hall–Kier alpha value is -2.42. The first-order chi connectivity index (χ1) is 13.1. The minimum Gasteiger partial charge on any atom is -0.465 e. The number of urea groups is 1. The number of carbonyl (C=O) groups excluding carboxylic acids is 4. The van der Waals surface area contributed by atoms with Gasteiger partial charge in [-0.1, -0.05) is 20.8 Å². The van der Waals surface area contributed by atoms with E-state index in [4.69, 9.17) is 0 Å². The van der Waals surface area contributed by atoms with Crippen molar-refractivity contribution in [3.05, 3.63) is 16.3 Å². The molecule has 2 unspecified atom stereocenters. The van der Waals surface area contributed by atoms with Gasteiger partial charge in [0.05, 0.1) is 12.8 Å². The van der Waals surface area contributed by atoms with Gasteiger partial charge in [-0.3, -0.25) is 14.5 Å². The van der Waals surface area contributed by atoms with Crippen LogP contribution in [0.1, 0.15) is 49.7 Å². The molecule has 0 bridgehead atoms. The minimum absolute atomic E-state index is 0.0784. The largest absolute Gasteiger partial charge is 0.465 e. The summed E-state index contributed by atoms with van der Waals surface area (Å²) in [6.45, 7) is 5.84. The molecule has 9 heteroatoms. The number of nitrogens with one attached hydrogen (secondary N) is 2. The van der Waals surface area contributed by atoms with Gasteiger partial charge in [0.2, 0.25) is 5.91 Å². The minimum atomic E-state index is -0.946. The van der Waals surface area contributed by atoms with Crippen molar-refractivity contribution in [2.75, 3.05) is 19.0 Å². The number of nitrogens with zero attached hydrogens (tertiary/aromatic N) is 1. The molecule has 1 aromatic heterocycles. The lowest BCUT2D eigenvalue weighted by atomic mass is 9.64. The van der Waals surface area contributed by atoms with Crippen LogP contribution in [-0.2, 0) is 14.3 Å². The number of methoxy groups -OCH3 is 1. The Kier molecular flexibility index (Phi) is 5.22. The number of carbonyl (C=O) groups is 4. The van der Waals surface area contributed by atoms with Crippen LogP contribution in [0.25, 0.3) is 0 Å². The zero-order valence-electron chi connectivity index (χ0n) is 16.5. The van der Waals surface area contributed by atoms with E-state index in [1.54, 1.807) is 11.4 Å². The number of imide groups is 1. The molecule has 1 saturated heterocycles. The highest BCUT2D eigenvalue weighted by Crippen LogP contribution is 2.46. The molecule has 2 heterocycles. The van der Waals surface area contributed by atoms with Crippen LogP contribution in [0.3, 0.4) is 0 Å². The Labute approximate surface area is 167 Å². The van der Waals surface area contributed by atoms with Crippen LogP contribution in [0, 0.1) is 11.3 Å². The molecule has 1 saturated carbocycles. The number of hydrogen-bond acceptors (Lipinski definition) is 6. The average Bonchev–Trinajstić information content (AvgIpc) is 3.11. The number of thiophene rings is 1. The van der Waals surface area contributed by atoms with Gasteiger partial charge < -0.3 is 15.4 Å². The van der Waals surface area contributed by atoms with Crippen molar-refractivity contribution in [2.24, 2.45) is 11.3 Å². The summed E-state index contributed by atoms with van der Waals surface area (Å²) in [4.78, 5) is 51.0. The number of hydrogen-bond donors (Lipinski definition) is 2. The third-order valence-corrected chi connectivity index (χ3v) is 6.13. The lowest BCUT2D eigenvalue weighted by Gasteiger charge is -2.43. The van der Waals surface area contributed by atoms with Crippen LogP contribution in [0.4, 0.5) is 10.5 Å². The molecule has 8 nitrogen and oxygen atoms in total. The fraction of sp³-hybridized carbons (Fsp3) is 0.579. The third-order valence-electron chi connectivity index (χ3n) is 5.24. The maximum absolute atomic E-state index is 13.1. The highest BCUT2D eigenvalue weighted by atomic mass is 32.1. The van der Waals surface area contributed by atoms with Gasteiger partial charge in [-0.15, -0.1) is 11.3 Å². The molecule has 2 aliphatic rings. The van der Waals surface area contributed by atoms with E-state index in [-0.39, 0.29) is 22.1 Å². The van der Waals surface area contributed by atoms with E-state index < -0.39 is 30.0 Å². The van der Waals surface area contributed by atoms with Crippen molar-refractivity contribution < 1.29 is 23.9 Å². The fourth-order valence-electron chi connectivity index (χ4n) is 4.64. The maximum atomic E-state index is 13.1. The van der Waals surface area contributed by atoms with E-state index in [0.29, 0.717) is 18.5 Å². The van der Waals surface area contributed by atoms with Crippen LogP contribution in [-0.4, -0.2) is 47.9 Å². The highest BCUT2D eigenvalue weighted by Gasteiger charge is 2.56. The summed E-state index contributed by atoms with van der Waals surface area (Å²) in [7, 11) is 1.26. The summed E-state index contributed by atoms with van der Waals surface area (Å²) in [6, 6.07) is 1.02. The van der Waals surface area contributed by atoms with Gasteiger partial charge in [0.25, 0.3) is 5.91 Å². The molecule has 4 amide bonds. The number of amides is 4. The van der Waals surface area contributed by atoms with Crippen molar-refractivity contribution in [3.8, 4) is 0 Å². The molecule has 2 N–H and O–H groups in total. The molecule has 3 rings (SSSR count). The van der Waals surface area contributed by atoms with E-state index in [0.717, 1.165) is 22.7 Å². The average molecular weight is 407 g/mol. The molecule has 28 heavy (non-hydrogen) atoms. The number of esters is 1. The second-order valence-electron chi connectivity index (χ2n) is 8.46. The van der Waals surface area contributed by atoms with E-state index >= 15 is 0 Å². The van der Waals surface area contributed by atoms with Gasteiger partial charge in [0, 0.05) is 0 Å². The quantitative estimate of drug-likeness (QED) is 0.590. The smallest absolute Gasteiger partial charge is 0.350 e. The van der Waals surface area contributed by atoms with E-state index in [1.807, 2.05) is 0 Å². The third kappa shape index (κ3) is 3.76. The SMILES string of the molecule is COC(=O)c1sccc1NC(=O)CN1C(=O)NC2(CC(C)CC(C)(C)C2)C1=O. The Morgan fingerprint density at radius 1 is 1.36 bits per heavy atom. The Morgan fingerprint density at radius 2 is 2.07 bits per heavy atom. The lowest BCUT2D eigenvalue weighted by Crippen LogP contribution is -2.54. The molecule has 0 radical (unpaired) electrons. The number of ether oxygens (including phenoxy) is 1. The number of anilines is 1. The van der Waals surface area contributed by atoms with Crippen molar-refractivity contribution >= 4 is 40.8 Å². The van der Waals surface area contributed by atoms with E-state index in [2.05, 4.69) is 36.1 Å². The standard InChI is InChI=1S/C19H25N3O5S/c1-11-7-18(2,3)10-19(8-11)16(25)22(17(26)21-19)9-13(23)20-12-5-6-28-14(12)15(24)27-4/h5-6,11H,7-10H2,1-4H3,(H,20,23)(H,21,26). The summed E-state index contributed by atoms with van der Waals surface area (Å²) in [5.74, 6) is -1.18. The van der Waals surface area contributed by atoms with Crippen molar-refractivity contribution in [1.29, 1.82) is 0 Å². The van der Waals surface area contributed by atoms with Gasteiger partial charge in [0.1, 0.15) is 17.0 Å². The normalized spacial score (nSPS) is 26.3. The molecule has 0 aromatic carbocycles. The summed E-state index contributed by atoms with van der Waals surface area (Å²) in [5, 5.41) is 7.08. The highest BCUT2D eigenvalue weighted by molar-refractivity contribution is 7.12. The second kappa shape index (κ2) is 7.20. The van der Waals surface area contributed by atoms with Crippen LogP contribution in [0.15, 0.2) is 11.4 Å². The second-order valence-corrected chi connectivity index (χ2v) is 9.38. The van der Waals surface area contributed by atoms with Gasteiger partial charge in [-0.05, 0) is 42.0 Å². The molecule has 2 atom stereocenters. The molecule has 1 spiro atoms. The first kappa shape index (κ1) is 20.3. The first-order valence-electron chi connectivity index (χ1n) is 9.17. The van der Waals surface area contributed by atoms with Gasteiger partial charge in [-0.25, -0.2) is 9.59 Å². The molecular formula is C19H25N3O5S. The summed E-state index contributed by atoms with van der Waals surface area (Å²) >= 11 is 1.14. The van der Waals surface area contributed by atoms with E-state index in [9.17, 15) is 19.2 Å². The van der Waals surface area contributed by atoms with Gasteiger partial charge >= 0.3 is 12.0 Å². The number of rotatable bonds is 4. The predicted molar refractivity (Wildman–Crippen MR) is 104 cm³/mol. The topological polar surface area (TPSA) is 105 Å². The predicted octanol–water partition coefficient (Wildman–Crippen LogP) is 2.61. The van der Waals surface area contributed by atoms with Crippen molar-refractivity contribution in [3.63, 3.8) is 0 Å². The summed E-state index contributed by atoms with van der Waals surface area (Å²) in [6.07, 6.45) is 2.09.